The molecule has 25 heavy (non-hydrogen) atoms. The first-order chi connectivity index (χ1) is 11.9. The number of hydrogen-bond acceptors (Lipinski definition) is 4. The highest BCUT2D eigenvalue weighted by molar-refractivity contribution is 8.14. The topological polar surface area (TPSA) is 33.4 Å². The molecule has 0 unspecified atom stereocenters. The summed E-state index contributed by atoms with van der Waals surface area (Å²) in [5.41, 5.74) is 1.41. The minimum absolute atomic E-state index is 0.129. The van der Waals surface area contributed by atoms with E-state index in [1.54, 1.807) is 23.4 Å². The van der Waals surface area contributed by atoms with E-state index in [0.717, 1.165) is 17.5 Å². The van der Waals surface area contributed by atoms with Gasteiger partial charge >= 0.3 is 6.18 Å². The number of amidine groups is 1. The number of rotatable bonds is 4. The van der Waals surface area contributed by atoms with E-state index in [2.05, 4.69) is 9.98 Å². The molecule has 0 atom stereocenters. The molecule has 0 radical (unpaired) electrons. The van der Waals surface area contributed by atoms with Gasteiger partial charge in [0, 0.05) is 18.0 Å². The number of aliphatic imine (C=N–C) groups is 1. The summed E-state index contributed by atoms with van der Waals surface area (Å²) >= 11 is 1.04. The van der Waals surface area contributed by atoms with Gasteiger partial charge in [0.2, 0.25) is 0 Å². The van der Waals surface area contributed by atoms with Gasteiger partial charge in [-0.25, -0.2) is 14.4 Å². The SMILES string of the molecule is CCn1cnc2c1N=C(SCCC(F)(F)F)N(c1ccc(F)cc1)C2. The molecule has 2 aromatic rings. The van der Waals surface area contributed by atoms with Crippen LogP contribution in [0.1, 0.15) is 19.0 Å². The average molecular weight is 372 g/mol. The van der Waals surface area contributed by atoms with Crippen molar-refractivity contribution in [1.82, 2.24) is 9.55 Å². The van der Waals surface area contributed by atoms with Gasteiger partial charge in [-0.1, -0.05) is 11.8 Å². The third kappa shape index (κ3) is 4.15. The van der Waals surface area contributed by atoms with Crippen molar-refractivity contribution in [2.75, 3.05) is 10.7 Å². The Hall–Kier alpha value is -2.03. The van der Waals surface area contributed by atoms with Crippen molar-refractivity contribution in [2.45, 2.75) is 32.6 Å². The number of anilines is 1. The fraction of sp³-hybridized carbons (Fsp3) is 0.375. The minimum atomic E-state index is -4.21. The molecule has 1 aliphatic heterocycles. The molecular weight excluding hydrogens is 356 g/mol. The Balaban J connectivity index is 1.89. The zero-order valence-electron chi connectivity index (χ0n) is 13.4. The van der Waals surface area contributed by atoms with Gasteiger partial charge in [-0.15, -0.1) is 0 Å². The third-order valence-corrected chi connectivity index (χ3v) is 4.70. The monoisotopic (exact) mass is 372 g/mol. The van der Waals surface area contributed by atoms with E-state index in [0.29, 0.717) is 29.8 Å². The maximum absolute atomic E-state index is 13.2. The second-order valence-corrected chi connectivity index (χ2v) is 6.53. The fourth-order valence-electron chi connectivity index (χ4n) is 2.45. The van der Waals surface area contributed by atoms with Crippen LogP contribution < -0.4 is 4.90 Å². The molecule has 4 nitrogen and oxygen atoms in total. The lowest BCUT2D eigenvalue weighted by atomic mass is 10.2. The molecular formula is C16H16F4N4S. The molecule has 0 amide bonds. The first-order valence-corrected chi connectivity index (χ1v) is 8.71. The number of fused-ring (bicyclic) bond motifs is 1. The number of hydrogen-bond donors (Lipinski definition) is 0. The van der Waals surface area contributed by atoms with Crippen molar-refractivity contribution in [2.24, 2.45) is 4.99 Å². The van der Waals surface area contributed by atoms with Gasteiger partial charge in [0.25, 0.3) is 0 Å². The summed E-state index contributed by atoms with van der Waals surface area (Å²) in [6.07, 6.45) is -3.44. The number of nitrogens with zero attached hydrogens (tertiary/aromatic N) is 4. The average Bonchev–Trinajstić information content (AvgIpc) is 2.96. The van der Waals surface area contributed by atoms with Crippen molar-refractivity contribution >= 4 is 28.4 Å². The molecule has 0 spiro atoms. The molecule has 3 rings (SSSR count). The highest BCUT2D eigenvalue weighted by Gasteiger charge is 2.29. The van der Waals surface area contributed by atoms with Gasteiger partial charge in [-0.3, -0.25) is 0 Å². The lowest BCUT2D eigenvalue weighted by Crippen LogP contribution is -2.31. The van der Waals surface area contributed by atoms with E-state index in [4.69, 9.17) is 0 Å². The normalized spacial score (nSPS) is 14.4. The highest BCUT2D eigenvalue weighted by atomic mass is 32.2. The first kappa shape index (κ1) is 17.8. The van der Waals surface area contributed by atoms with Gasteiger partial charge in [0.05, 0.1) is 19.3 Å². The largest absolute Gasteiger partial charge is 0.389 e. The van der Waals surface area contributed by atoms with Crippen molar-refractivity contribution in [3.8, 4) is 0 Å². The van der Waals surface area contributed by atoms with Crippen LogP contribution in [-0.4, -0.2) is 26.6 Å². The van der Waals surface area contributed by atoms with Crippen molar-refractivity contribution in [1.29, 1.82) is 0 Å². The van der Waals surface area contributed by atoms with E-state index in [9.17, 15) is 17.6 Å². The van der Waals surface area contributed by atoms with Gasteiger partial charge in [0.1, 0.15) is 11.5 Å². The second kappa shape index (κ2) is 7.07. The predicted octanol–water partition coefficient (Wildman–Crippen LogP) is 4.74. The number of benzene rings is 1. The molecule has 0 fully saturated rings. The Kier molecular flexibility index (Phi) is 5.03. The maximum atomic E-state index is 13.2. The number of aromatic nitrogens is 2. The van der Waals surface area contributed by atoms with Gasteiger partial charge < -0.3 is 9.47 Å². The summed E-state index contributed by atoms with van der Waals surface area (Å²) in [4.78, 5) is 10.6. The number of thioether (sulfide) groups is 1. The smallest absolute Gasteiger partial charge is 0.316 e. The molecule has 134 valence electrons. The van der Waals surface area contributed by atoms with Gasteiger partial charge in [-0.05, 0) is 31.2 Å². The Bertz CT molecular complexity index is 767. The van der Waals surface area contributed by atoms with Crippen LogP contribution in [-0.2, 0) is 13.1 Å². The summed E-state index contributed by atoms with van der Waals surface area (Å²) in [5, 5.41) is 0.457. The Labute approximate surface area is 146 Å². The van der Waals surface area contributed by atoms with Crippen LogP contribution in [0.25, 0.3) is 0 Å². The number of imidazole rings is 1. The van der Waals surface area contributed by atoms with E-state index >= 15 is 0 Å². The highest BCUT2D eigenvalue weighted by Crippen LogP contribution is 2.33. The Morgan fingerprint density at radius 1 is 1.20 bits per heavy atom. The quantitative estimate of drug-likeness (QED) is 0.727. The molecule has 1 aromatic carbocycles. The van der Waals surface area contributed by atoms with E-state index in [1.165, 1.54) is 12.1 Å². The van der Waals surface area contributed by atoms with Crippen molar-refractivity contribution in [3.63, 3.8) is 0 Å². The molecule has 1 aliphatic rings. The molecule has 0 saturated carbocycles. The van der Waals surface area contributed by atoms with Crippen LogP contribution in [0.5, 0.6) is 0 Å². The summed E-state index contributed by atoms with van der Waals surface area (Å²) in [6.45, 7) is 3.00. The molecule has 0 bridgehead atoms. The van der Waals surface area contributed by atoms with Crippen LogP contribution in [0, 0.1) is 5.82 Å². The van der Waals surface area contributed by atoms with Crippen molar-refractivity contribution in [3.05, 3.63) is 42.1 Å². The molecule has 1 aromatic heterocycles. The number of halogens is 4. The standard InChI is InChI=1S/C16H16F4N4S/c1-2-23-10-21-13-9-24(12-5-3-11(17)4-6-12)15(22-14(13)23)25-8-7-16(18,19)20/h3-6,10H,2,7-9H2,1H3. The Morgan fingerprint density at radius 2 is 1.92 bits per heavy atom. The van der Waals surface area contributed by atoms with Gasteiger partial charge in [-0.2, -0.15) is 13.2 Å². The maximum Gasteiger partial charge on any atom is 0.389 e. The lowest BCUT2D eigenvalue weighted by molar-refractivity contribution is -0.129. The van der Waals surface area contributed by atoms with Crippen LogP contribution in [0.15, 0.2) is 35.6 Å². The molecule has 0 aliphatic carbocycles. The summed E-state index contributed by atoms with van der Waals surface area (Å²) < 4.78 is 52.4. The molecule has 9 heteroatoms. The van der Waals surface area contributed by atoms with Crippen LogP contribution in [0.3, 0.4) is 0 Å². The second-order valence-electron chi connectivity index (χ2n) is 5.47. The minimum Gasteiger partial charge on any atom is -0.316 e. The van der Waals surface area contributed by atoms with Crippen LogP contribution >= 0.6 is 11.8 Å². The third-order valence-electron chi connectivity index (χ3n) is 3.72. The lowest BCUT2D eigenvalue weighted by Gasteiger charge is -2.28. The molecule has 0 saturated heterocycles. The summed E-state index contributed by atoms with van der Waals surface area (Å²) in [7, 11) is 0. The van der Waals surface area contributed by atoms with Crippen molar-refractivity contribution < 1.29 is 17.6 Å². The predicted molar refractivity (Wildman–Crippen MR) is 90.7 cm³/mol. The first-order valence-electron chi connectivity index (χ1n) is 7.72. The van der Waals surface area contributed by atoms with Crippen LogP contribution in [0.2, 0.25) is 0 Å². The van der Waals surface area contributed by atoms with Crippen LogP contribution in [0.4, 0.5) is 29.1 Å². The molecule has 0 N–H and O–H groups in total. The zero-order chi connectivity index (χ0) is 18.0. The zero-order valence-corrected chi connectivity index (χ0v) is 14.2. The van der Waals surface area contributed by atoms with Gasteiger partial charge in [0.15, 0.2) is 11.0 Å². The number of alkyl halides is 3. The van der Waals surface area contributed by atoms with E-state index < -0.39 is 12.6 Å². The molecule has 2 heterocycles. The summed E-state index contributed by atoms with van der Waals surface area (Å²) in [5.74, 6) is 0.158. The number of aryl methyl sites for hydroxylation is 1. The van der Waals surface area contributed by atoms with E-state index in [1.807, 2.05) is 11.5 Å². The fourth-order valence-corrected chi connectivity index (χ4v) is 3.44. The van der Waals surface area contributed by atoms with E-state index in [-0.39, 0.29) is 11.6 Å². The summed E-state index contributed by atoms with van der Waals surface area (Å²) in [6, 6.07) is 5.79. The Morgan fingerprint density at radius 3 is 2.56 bits per heavy atom.